The fourth-order valence-electron chi connectivity index (χ4n) is 3.12. The Balaban J connectivity index is 1.65. The highest BCUT2D eigenvalue weighted by Gasteiger charge is 2.22. The molecule has 0 radical (unpaired) electrons. The van der Waals surface area contributed by atoms with Crippen molar-refractivity contribution in [1.82, 2.24) is 14.6 Å². The lowest BCUT2D eigenvalue weighted by atomic mass is 9.99. The summed E-state index contributed by atoms with van der Waals surface area (Å²) in [5.74, 6) is 0.785. The number of hydrogen-bond donors (Lipinski definition) is 1. The Morgan fingerprint density at radius 3 is 2.50 bits per heavy atom. The number of aromatic nitrogens is 1. The van der Waals surface area contributed by atoms with Crippen LogP contribution < -0.4 is 4.72 Å². The molecule has 3 rings (SSSR count). The van der Waals surface area contributed by atoms with Gasteiger partial charge in [-0.3, -0.25) is 0 Å². The molecular formula is C18H27N3O2S3. The molecule has 0 bridgehead atoms. The van der Waals surface area contributed by atoms with Gasteiger partial charge in [0.25, 0.3) is 0 Å². The minimum Gasteiger partial charge on any atom is -0.302 e. The normalized spacial score (nSPS) is 17.1. The van der Waals surface area contributed by atoms with Crippen molar-refractivity contribution in [3.8, 4) is 9.88 Å². The highest BCUT2D eigenvalue weighted by molar-refractivity contribution is 7.89. The van der Waals surface area contributed by atoms with E-state index in [1.54, 1.807) is 17.4 Å². The first-order chi connectivity index (χ1) is 12.3. The van der Waals surface area contributed by atoms with Gasteiger partial charge in [-0.05, 0) is 58.7 Å². The number of nitrogens with zero attached hydrogens (tertiary/aromatic N) is 2. The predicted octanol–water partition coefficient (Wildman–Crippen LogP) is 3.81. The fraction of sp³-hybridized carbons (Fsp3) is 0.611. The Labute approximate surface area is 164 Å². The number of thiazole rings is 1. The molecule has 3 heterocycles. The van der Waals surface area contributed by atoms with Crippen LogP contribution in [-0.4, -0.2) is 44.5 Å². The summed E-state index contributed by atoms with van der Waals surface area (Å²) in [6.07, 6.45) is 2.40. The Bertz CT molecular complexity index is 843. The van der Waals surface area contributed by atoms with Gasteiger partial charge in [-0.1, -0.05) is 6.92 Å². The number of sulfonamides is 1. The maximum absolute atomic E-state index is 12.7. The van der Waals surface area contributed by atoms with Gasteiger partial charge < -0.3 is 4.90 Å². The zero-order chi connectivity index (χ0) is 18.9. The van der Waals surface area contributed by atoms with Crippen LogP contribution in [0.3, 0.4) is 0 Å². The average molecular weight is 414 g/mol. The lowest BCUT2D eigenvalue weighted by Crippen LogP contribution is -2.39. The van der Waals surface area contributed by atoms with E-state index in [4.69, 9.17) is 0 Å². The summed E-state index contributed by atoms with van der Waals surface area (Å²) in [6, 6.07) is 1.77. The number of aryl methyl sites for hydroxylation is 3. The molecular weight excluding hydrogens is 386 g/mol. The number of nitrogens with one attached hydrogen (secondary N) is 1. The van der Waals surface area contributed by atoms with Crippen LogP contribution in [0.25, 0.3) is 9.88 Å². The Kier molecular flexibility index (Phi) is 6.18. The minimum atomic E-state index is -3.48. The van der Waals surface area contributed by atoms with Gasteiger partial charge in [-0.15, -0.1) is 22.7 Å². The van der Waals surface area contributed by atoms with Crippen molar-refractivity contribution < 1.29 is 8.42 Å². The number of hydrogen-bond acceptors (Lipinski definition) is 6. The lowest BCUT2D eigenvalue weighted by molar-refractivity contribution is 0.195. The van der Waals surface area contributed by atoms with Gasteiger partial charge in [0, 0.05) is 22.8 Å². The van der Waals surface area contributed by atoms with E-state index in [0.717, 1.165) is 46.0 Å². The average Bonchev–Trinajstić information content (AvgIpc) is 3.13. The second-order valence-corrected chi connectivity index (χ2v) is 11.3. The largest absolute Gasteiger partial charge is 0.302 e. The van der Waals surface area contributed by atoms with Crippen LogP contribution in [0.4, 0.5) is 0 Å². The zero-order valence-corrected chi connectivity index (χ0v) is 18.3. The zero-order valence-electron chi connectivity index (χ0n) is 15.8. The van der Waals surface area contributed by atoms with Gasteiger partial charge >= 0.3 is 0 Å². The first-order valence-electron chi connectivity index (χ1n) is 9.03. The summed E-state index contributed by atoms with van der Waals surface area (Å²) in [5.41, 5.74) is 1.01. The summed E-state index contributed by atoms with van der Waals surface area (Å²) in [5, 5.41) is 0.900. The number of thiophene rings is 1. The van der Waals surface area contributed by atoms with E-state index in [2.05, 4.69) is 21.5 Å². The molecule has 1 aliphatic rings. The van der Waals surface area contributed by atoms with E-state index in [0.29, 0.717) is 11.4 Å². The van der Waals surface area contributed by atoms with Crippen molar-refractivity contribution in [3.05, 3.63) is 21.5 Å². The summed E-state index contributed by atoms with van der Waals surface area (Å²) >= 11 is 3.11. The van der Waals surface area contributed by atoms with E-state index < -0.39 is 10.0 Å². The van der Waals surface area contributed by atoms with Gasteiger partial charge in [0.2, 0.25) is 10.0 Å². The molecule has 2 aromatic heterocycles. The van der Waals surface area contributed by atoms with Crippen LogP contribution in [-0.2, 0) is 10.0 Å². The third-order valence-electron chi connectivity index (χ3n) is 5.00. The Morgan fingerprint density at radius 1 is 1.19 bits per heavy atom. The van der Waals surface area contributed by atoms with Crippen molar-refractivity contribution >= 4 is 32.7 Å². The maximum atomic E-state index is 12.7. The molecule has 0 unspecified atom stereocenters. The first-order valence-corrected chi connectivity index (χ1v) is 12.1. The molecule has 1 N–H and O–H groups in total. The van der Waals surface area contributed by atoms with Crippen LogP contribution in [0.15, 0.2) is 11.0 Å². The molecule has 0 amide bonds. The lowest BCUT2D eigenvalue weighted by Gasteiger charge is -2.30. The summed E-state index contributed by atoms with van der Waals surface area (Å²) < 4.78 is 28.2. The quantitative estimate of drug-likeness (QED) is 0.782. The Morgan fingerprint density at radius 2 is 1.88 bits per heavy atom. The van der Waals surface area contributed by atoms with E-state index in [1.165, 1.54) is 29.1 Å². The topological polar surface area (TPSA) is 62.3 Å². The van der Waals surface area contributed by atoms with Crippen LogP contribution in [0.1, 0.15) is 35.2 Å². The number of rotatable bonds is 6. The Hall–Kier alpha value is -0.800. The molecule has 1 aliphatic heterocycles. The molecule has 0 aliphatic carbocycles. The molecule has 26 heavy (non-hydrogen) atoms. The smallest absolute Gasteiger partial charge is 0.241 e. The van der Waals surface area contributed by atoms with Crippen molar-refractivity contribution in [2.45, 2.75) is 45.4 Å². The molecule has 1 saturated heterocycles. The van der Waals surface area contributed by atoms with Gasteiger partial charge in [-0.25, -0.2) is 18.1 Å². The van der Waals surface area contributed by atoms with E-state index in [1.807, 2.05) is 20.8 Å². The standard InChI is InChI=1S/C18H27N3O2S3/c1-12-5-8-21(9-6-12)10-7-19-26(22,23)17-11-16(24-15(17)4)18-20-13(2)14(3)25-18/h11-12,19H,5-10H2,1-4H3. The second kappa shape index (κ2) is 8.06. The summed E-state index contributed by atoms with van der Waals surface area (Å²) in [7, 11) is -3.48. The maximum Gasteiger partial charge on any atom is 0.241 e. The van der Waals surface area contributed by atoms with Gasteiger partial charge in [0.05, 0.1) is 15.5 Å². The first kappa shape index (κ1) is 19.9. The molecule has 2 aromatic rings. The van der Waals surface area contributed by atoms with Crippen molar-refractivity contribution in [3.63, 3.8) is 0 Å². The van der Waals surface area contributed by atoms with E-state index >= 15 is 0 Å². The van der Waals surface area contributed by atoms with Crippen molar-refractivity contribution in [2.75, 3.05) is 26.2 Å². The van der Waals surface area contributed by atoms with Gasteiger partial charge in [-0.2, -0.15) is 0 Å². The van der Waals surface area contributed by atoms with E-state index in [9.17, 15) is 8.42 Å². The highest BCUT2D eigenvalue weighted by atomic mass is 32.2. The third kappa shape index (κ3) is 4.54. The molecule has 0 atom stereocenters. The summed E-state index contributed by atoms with van der Waals surface area (Å²) in [4.78, 5) is 10.2. The molecule has 0 aromatic carbocycles. The SMILES string of the molecule is Cc1nc(-c2cc(S(=O)(=O)NCCN3CCC(C)CC3)c(C)s2)sc1C. The molecule has 0 spiro atoms. The van der Waals surface area contributed by atoms with Crippen LogP contribution >= 0.6 is 22.7 Å². The van der Waals surface area contributed by atoms with Gasteiger partial charge in [0.1, 0.15) is 5.01 Å². The van der Waals surface area contributed by atoms with Crippen molar-refractivity contribution in [1.29, 1.82) is 0 Å². The van der Waals surface area contributed by atoms with Crippen LogP contribution in [0, 0.1) is 26.7 Å². The van der Waals surface area contributed by atoms with E-state index in [-0.39, 0.29) is 0 Å². The molecule has 144 valence electrons. The second-order valence-electron chi connectivity index (χ2n) is 7.11. The minimum absolute atomic E-state index is 0.385. The highest BCUT2D eigenvalue weighted by Crippen LogP contribution is 2.36. The summed E-state index contributed by atoms with van der Waals surface area (Å²) in [6.45, 7) is 11.5. The third-order valence-corrected chi connectivity index (χ3v) is 9.01. The number of piperidine rings is 1. The molecule has 0 saturated carbocycles. The van der Waals surface area contributed by atoms with Gasteiger partial charge in [0.15, 0.2) is 0 Å². The number of likely N-dealkylation sites (tertiary alicyclic amines) is 1. The van der Waals surface area contributed by atoms with Crippen LogP contribution in [0.2, 0.25) is 0 Å². The monoisotopic (exact) mass is 413 g/mol. The fourth-order valence-corrected chi connectivity index (χ4v) is 6.69. The molecule has 5 nitrogen and oxygen atoms in total. The molecule has 1 fully saturated rings. The molecule has 8 heteroatoms. The van der Waals surface area contributed by atoms with Crippen molar-refractivity contribution in [2.24, 2.45) is 5.92 Å². The predicted molar refractivity (Wildman–Crippen MR) is 110 cm³/mol. The van der Waals surface area contributed by atoms with Crippen LogP contribution in [0.5, 0.6) is 0 Å².